The molecule has 0 fully saturated rings. The van der Waals surface area contributed by atoms with E-state index >= 15 is 0 Å². The summed E-state index contributed by atoms with van der Waals surface area (Å²) in [5.41, 5.74) is 2.78. The molecule has 0 bridgehead atoms. The fourth-order valence-corrected chi connectivity index (χ4v) is 3.08. The van der Waals surface area contributed by atoms with Crippen LogP contribution in [0.4, 0.5) is 0 Å². The van der Waals surface area contributed by atoms with Gasteiger partial charge in [-0.25, -0.2) is 0 Å². The molecular weight excluding hydrogens is 292 g/mol. The Balaban J connectivity index is 1.85. The number of nitrogens with one attached hydrogen (secondary N) is 1. The first-order chi connectivity index (χ1) is 11.8. The highest BCUT2D eigenvalue weighted by Gasteiger charge is 2.07. The van der Waals surface area contributed by atoms with Crippen LogP contribution < -0.4 is 5.32 Å². The minimum atomic E-state index is 0.631. The van der Waals surface area contributed by atoms with Crippen LogP contribution in [0.2, 0.25) is 0 Å². The van der Waals surface area contributed by atoms with Gasteiger partial charge in [0.25, 0.3) is 0 Å². The molecule has 0 aromatic heterocycles. The average molecular weight is 325 g/mol. The summed E-state index contributed by atoms with van der Waals surface area (Å²) in [6.07, 6.45) is 3.70. The Bertz CT molecular complexity index is 497. The van der Waals surface area contributed by atoms with E-state index in [1.54, 1.807) is 0 Å². The zero-order valence-electron chi connectivity index (χ0n) is 15.2. The number of hydrogen-bond acceptors (Lipinski definition) is 2. The third-order valence-corrected chi connectivity index (χ3v) is 4.36. The van der Waals surface area contributed by atoms with Gasteiger partial charge in [-0.3, -0.25) is 4.90 Å². The molecule has 2 heteroatoms. The molecule has 0 aliphatic rings. The second-order valence-corrected chi connectivity index (χ2v) is 6.68. The topological polar surface area (TPSA) is 15.3 Å². The largest absolute Gasteiger partial charge is 0.314 e. The lowest BCUT2D eigenvalue weighted by atomic mass is 10.1. The fraction of sp³-hybridized carbons (Fsp3) is 0.455. The second-order valence-electron chi connectivity index (χ2n) is 6.68. The molecule has 2 aromatic rings. The van der Waals surface area contributed by atoms with Crippen LogP contribution in [0.5, 0.6) is 0 Å². The van der Waals surface area contributed by atoms with Crippen LogP contribution >= 0.6 is 0 Å². The van der Waals surface area contributed by atoms with Gasteiger partial charge in [-0.1, -0.05) is 74.0 Å². The van der Waals surface area contributed by atoms with Gasteiger partial charge in [0.05, 0.1) is 0 Å². The molecule has 0 saturated carbocycles. The Labute approximate surface area is 147 Å². The molecule has 2 nitrogen and oxygen atoms in total. The monoisotopic (exact) mass is 324 g/mol. The van der Waals surface area contributed by atoms with Crippen molar-refractivity contribution in [3.8, 4) is 0 Å². The highest BCUT2D eigenvalue weighted by atomic mass is 15.1. The Morgan fingerprint density at radius 3 is 1.92 bits per heavy atom. The van der Waals surface area contributed by atoms with Crippen molar-refractivity contribution in [2.75, 3.05) is 13.1 Å². The number of hydrogen-bond donors (Lipinski definition) is 1. The molecule has 24 heavy (non-hydrogen) atoms. The standard InChI is InChI=1S/C22H32N2/c1-3-11-20(2)23-16-10-17-24(18-21-12-6-4-7-13-21)19-22-14-8-5-9-15-22/h4-9,12-15,20,23H,3,10-11,16-19H2,1-2H3. The smallest absolute Gasteiger partial charge is 0.0237 e. The molecule has 0 spiro atoms. The van der Waals surface area contributed by atoms with Crippen molar-refractivity contribution in [2.45, 2.75) is 52.2 Å². The maximum atomic E-state index is 3.64. The molecule has 130 valence electrons. The first-order valence-electron chi connectivity index (χ1n) is 9.31. The molecule has 1 atom stereocenters. The molecule has 2 aromatic carbocycles. The third-order valence-electron chi connectivity index (χ3n) is 4.36. The normalized spacial score (nSPS) is 12.5. The van der Waals surface area contributed by atoms with E-state index in [4.69, 9.17) is 0 Å². The van der Waals surface area contributed by atoms with Crippen LogP contribution in [0.1, 0.15) is 44.2 Å². The van der Waals surface area contributed by atoms with Crippen molar-refractivity contribution in [2.24, 2.45) is 0 Å². The van der Waals surface area contributed by atoms with E-state index in [0.717, 1.165) is 26.2 Å². The quantitative estimate of drug-likeness (QED) is 0.594. The van der Waals surface area contributed by atoms with E-state index in [2.05, 4.69) is 84.7 Å². The first-order valence-corrected chi connectivity index (χ1v) is 9.31. The minimum Gasteiger partial charge on any atom is -0.314 e. The summed E-state index contributed by atoms with van der Waals surface area (Å²) in [4.78, 5) is 2.55. The van der Waals surface area contributed by atoms with Gasteiger partial charge in [0.15, 0.2) is 0 Å². The second kappa shape index (κ2) is 11.0. The van der Waals surface area contributed by atoms with Gasteiger partial charge >= 0.3 is 0 Å². The highest BCUT2D eigenvalue weighted by molar-refractivity contribution is 5.17. The van der Waals surface area contributed by atoms with Crippen LogP contribution in [0.25, 0.3) is 0 Å². The van der Waals surface area contributed by atoms with Crippen molar-refractivity contribution in [3.05, 3.63) is 71.8 Å². The average Bonchev–Trinajstić information content (AvgIpc) is 2.61. The first kappa shape index (κ1) is 18.7. The van der Waals surface area contributed by atoms with E-state index in [1.165, 1.54) is 30.4 Å². The lowest BCUT2D eigenvalue weighted by Gasteiger charge is -2.23. The Morgan fingerprint density at radius 1 is 0.875 bits per heavy atom. The van der Waals surface area contributed by atoms with Crippen LogP contribution in [0, 0.1) is 0 Å². The maximum absolute atomic E-state index is 3.64. The fourth-order valence-electron chi connectivity index (χ4n) is 3.08. The lowest BCUT2D eigenvalue weighted by Crippen LogP contribution is -2.30. The van der Waals surface area contributed by atoms with Gasteiger partial charge in [0, 0.05) is 25.7 Å². The molecule has 0 heterocycles. The van der Waals surface area contributed by atoms with Crippen molar-refractivity contribution >= 4 is 0 Å². The van der Waals surface area contributed by atoms with Crippen molar-refractivity contribution in [1.82, 2.24) is 10.2 Å². The number of nitrogens with zero attached hydrogens (tertiary/aromatic N) is 1. The number of benzene rings is 2. The molecule has 0 amide bonds. The van der Waals surface area contributed by atoms with Gasteiger partial charge in [0.1, 0.15) is 0 Å². The summed E-state index contributed by atoms with van der Waals surface area (Å²) in [5, 5.41) is 3.64. The SMILES string of the molecule is CCCC(C)NCCCN(Cc1ccccc1)Cc1ccccc1. The zero-order valence-corrected chi connectivity index (χ0v) is 15.2. The van der Waals surface area contributed by atoms with Crippen molar-refractivity contribution in [3.63, 3.8) is 0 Å². The third kappa shape index (κ3) is 7.29. The Hall–Kier alpha value is -1.64. The van der Waals surface area contributed by atoms with Gasteiger partial charge in [-0.15, -0.1) is 0 Å². The molecular formula is C22H32N2. The summed E-state index contributed by atoms with van der Waals surface area (Å²) in [6.45, 7) is 8.78. The van der Waals surface area contributed by atoms with Crippen LogP contribution in [0.15, 0.2) is 60.7 Å². The van der Waals surface area contributed by atoms with Gasteiger partial charge in [-0.2, -0.15) is 0 Å². The summed E-state index contributed by atoms with van der Waals surface area (Å²) < 4.78 is 0. The highest BCUT2D eigenvalue weighted by Crippen LogP contribution is 2.10. The number of rotatable bonds is 11. The Morgan fingerprint density at radius 2 is 1.42 bits per heavy atom. The minimum absolute atomic E-state index is 0.631. The lowest BCUT2D eigenvalue weighted by molar-refractivity contribution is 0.251. The van der Waals surface area contributed by atoms with Crippen molar-refractivity contribution < 1.29 is 0 Å². The van der Waals surface area contributed by atoms with Gasteiger partial charge in [0.2, 0.25) is 0 Å². The molecule has 0 aliphatic carbocycles. The summed E-state index contributed by atoms with van der Waals surface area (Å²) in [7, 11) is 0. The van der Waals surface area contributed by atoms with E-state index in [9.17, 15) is 0 Å². The summed E-state index contributed by atoms with van der Waals surface area (Å²) >= 11 is 0. The van der Waals surface area contributed by atoms with Gasteiger partial charge < -0.3 is 5.32 Å². The van der Waals surface area contributed by atoms with E-state index in [1.807, 2.05) is 0 Å². The molecule has 0 radical (unpaired) electrons. The molecule has 2 rings (SSSR count). The predicted octanol–water partition coefficient (Wildman–Crippen LogP) is 4.86. The predicted molar refractivity (Wildman–Crippen MR) is 104 cm³/mol. The van der Waals surface area contributed by atoms with Crippen LogP contribution in [-0.2, 0) is 13.1 Å². The van der Waals surface area contributed by atoms with Crippen LogP contribution in [-0.4, -0.2) is 24.0 Å². The van der Waals surface area contributed by atoms with E-state index in [0.29, 0.717) is 6.04 Å². The summed E-state index contributed by atoms with van der Waals surface area (Å²) in [6, 6.07) is 22.2. The Kier molecular flexibility index (Phi) is 8.58. The van der Waals surface area contributed by atoms with Gasteiger partial charge in [-0.05, 0) is 37.4 Å². The summed E-state index contributed by atoms with van der Waals surface area (Å²) in [5.74, 6) is 0. The van der Waals surface area contributed by atoms with Crippen molar-refractivity contribution in [1.29, 1.82) is 0 Å². The van der Waals surface area contributed by atoms with Crippen LogP contribution in [0.3, 0.4) is 0 Å². The molecule has 0 saturated heterocycles. The molecule has 1 unspecified atom stereocenters. The molecule has 0 aliphatic heterocycles. The van der Waals surface area contributed by atoms with E-state index in [-0.39, 0.29) is 0 Å². The zero-order chi connectivity index (χ0) is 17.0. The van der Waals surface area contributed by atoms with E-state index < -0.39 is 0 Å². The maximum Gasteiger partial charge on any atom is 0.0237 e. The molecule has 1 N–H and O–H groups in total.